The minimum atomic E-state index is -1.17. The molecular formula is C19H21N3O5S. The number of ketones is 1. The fourth-order valence-corrected chi connectivity index (χ4v) is 5.48. The number of amides is 1. The molecule has 28 heavy (non-hydrogen) atoms. The first kappa shape index (κ1) is 18.8. The zero-order valence-electron chi connectivity index (χ0n) is 15.9. The van der Waals surface area contributed by atoms with E-state index in [0.29, 0.717) is 21.0 Å². The molecule has 2 N–H and O–H groups in total. The second-order valence-corrected chi connectivity index (χ2v) is 8.77. The third-order valence-electron chi connectivity index (χ3n) is 5.61. The van der Waals surface area contributed by atoms with Gasteiger partial charge in [-0.25, -0.2) is 9.78 Å². The number of rotatable bonds is 5. The molecule has 2 aliphatic rings. The first-order chi connectivity index (χ1) is 13.1. The van der Waals surface area contributed by atoms with Crippen molar-refractivity contribution in [2.24, 2.45) is 17.8 Å². The van der Waals surface area contributed by atoms with Crippen molar-refractivity contribution in [3.05, 3.63) is 28.8 Å². The van der Waals surface area contributed by atoms with E-state index in [1.165, 1.54) is 16.2 Å². The van der Waals surface area contributed by atoms with Crippen LogP contribution in [-0.2, 0) is 9.59 Å². The highest BCUT2D eigenvalue weighted by molar-refractivity contribution is 7.18. The molecule has 1 fully saturated rings. The van der Waals surface area contributed by atoms with E-state index in [0.717, 1.165) is 0 Å². The number of nitrogens with zero attached hydrogens (tertiary/aromatic N) is 3. The van der Waals surface area contributed by atoms with Crippen LogP contribution in [0.25, 0.3) is 10.4 Å². The van der Waals surface area contributed by atoms with Crippen LogP contribution in [0.3, 0.4) is 0 Å². The van der Waals surface area contributed by atoms with E-state index in [4.69, 9.17) is 0 Å². The van der Waals surface area contributed by atoms with Crippen molar-refractivity contribution in [2.75, 3.05) is 0 Å². The number of carboxylic acid groups (broad SMARTS) is 1. The number of carbonyl (C=O) groups excluding carboxylic acids is 2. The van der Waals surface area contributed by atoms with Crippen molar-refractivity contribution < 1.29 is 24.6 Å². The average molecular weight is 403 g/mol. The van der Waals surface area contributed by atoms with E-state index < -0.39 is 18.0 Å². The summed E-state index contributed by atoms with van der Waals surface area (Å²) in [7, 11) is 0. The van der Waals surface area contributed by atoms with Crippen molar-refractivity contribution >= 4 is 39.4 Å². The highest BCUT2D eigenvalue weighted by atomic mass is 32.1. The van der Waals surface area contributed by atoms with Gasteiger partial charge in [0.15, 0.2) is 5.78 Å². The summed E-state index contributed by atoms with van der Waals surface area (Å²) >= 11 is 1.30. The molecule has 2 aliphatic heterocycles. The third-order valence-corrected chi connectivity index (χ3v) is 6.75. The highest BCUT2D eigenvalue weighted by Gasteiger charge is 2.60. The molecule has 0 bridgehead atoms. The summed E-state index contributed by atoms with van der Waals surface area (Å²) in [6.07, 6.45) is 2.46. The maximum absolute atomic E-state index is 12.5. The molecule has 2 aromatic rings. The Morgan fingerprint density at radius 2 is 1.96 bits per heavy atom. The van der Waals surface area contributed by atoms with Crippen LogP contribution >= 0.6 is 11.3 Å². The molecule has 0 saturated carbocycles. The Morgan fingerprint density at radius 3 is 2.54 bits per heavy atom. The van der Waals surface area contributed by atoms with Crippen LogP contribution in [0.15, 0.2) is 18.2 Å². The Bertz CT molecular complexity index is 1050. The van der Waals surface area contributed by atoms with Gasteiger partial charge in [-0.1, -0.05) is 20.8 Å². The summed E-state index contributed by atoms with van der Waals surface area (Å²) in [6, 6.07) is -0.370. The molecule has 0 unspecified atom stereocenters. The van der Waals surface area contributed by atoms with Crippen LogP contribution in [0.5, 0.6) is 0 Å². The van der Waals surface area contributed by atoms with Gasteiger partial charge in [0.25, 0.3) is 0 Å². The first-order valence-electron chi connectivity index (χ1n) is 9.14. The number of carbonyl (C=O) groups is 3. The lowest BCUT2D eigenvalue weighted by Crippen LogP contribution is -2.63. The van der Waals surface area contributed by atoms with Crippen molar-refractivity contribution in [1.29, 1.82) is 0 Å². The van der Waals surface area contributed by atoms with Crippen molar-refractivity contribution in [2.45, 2.75) is 39.8 Å². The zero-order valence-corrected chi connectivity index (χ0v) is 16.7. The molecule has 4 rings (SSSR count). The Morgan fingerprint density at radius 1 is 1.29 bits per heavy atom. The van der Waals surface area contributed by atoms with Crippen LogP contribution in [-0.4, -0.2) is 54.3 Å². The number of thiazole rings is 1. The van der Waals surface area contributed by atoms with Crippen LogP contribution in [0.4, 0.5) is 0 Å². The molecule has 8 nitrogen and oxygen atoms in total. The number of hydrogen-bond acceptors (Lipinski definition) is 6. The number of aromatic nitrogens is 2. The van der Waals surface area contributed by atoms with Gasteiger partial charge in [0.2, 0.25) is 5.91 Å². The Balaban J connectivity index is 1.83. The fourth-order valence-electron chi connectivity index (χ4n) is 4.26. The van der Waals surface area contributed by atoms with Gasteiger partial charge in [0, 0.05) is 23.6 Å². The number of aliphatic hydroxyl groups is 1. The molecule has 0 aliphatic carbocycles. The van der Waals surface area contributed by atoms with Crippen LogP contribution in [0.2, 0.25) is 0 Å². The van der Waals surface area contributed by atoms with Crippen molar-refractivity contribution in [3.8, 4) is 0 Å². The predicted octanol–water partition coefficient (Wildman–Crippen LogP) is 1.89. The van der Waals surface area contributed by atoms with E-state index in [9.17, 15) is 24.6 Å². The van der Waals surface area contributed by atoms with Crippen LogP contribution in [0, 0.1) is 17.8 Å². The fraction of sp³-hybridized carbons (Fsp3) is 0.474. The predicted molar refractivity (Wildman–Crippen MR) is 102 cm³/mol. The normalized spacial score (nSPS) is 25.4. The van der Waals surface area contributed by atoms with Gasteiger partial charge < -0.3 is 15.1 Å². The molecule has 9 heteroatoms. The molecule has 4 heterocycles. The largest absolute Gasteiger partial charge is 0.477 e. The molecule has 0 spiro atoms. The minimum absolute atomic E-state index is 0.0337. The molecule has 0 aromatic carbocycles. The van der Waals surface area contributed by atoms with E-state index in [2.05, 4.69) is 4.98 Å². The van der Waals surface area contributed by atoms with Gasteiger partial charge in [0.05, 0.1) is 22.9 Å². The summed E-state index contributed by atoms with van der Waals surface area (Å²) in [5.41, 5.74) is 0.898. The SMILES string of the molecule is CC(C)C(=O)c1ncn2cc(C3=C(C(=O)O)N4C(=O)[C@H]([C@@H](C)O)[C@@H]4[C@H]3C)sc12. The van der Waals surface area contributed by atoms with E-state index in [1.54, 1.807) is 37.7 Å². The standard InChI is InChI=1S/C19H21N3O5S/c1-7(2)16(24)13-18-21(6-20-13)5-10(28-18)11-8(3)14-12(9(4)23)17(25)22(14)15(11)19(26)27/h5-9,12,14,23H,1-4H3,(H,26,27)/t8-,9+,12+,14-/m0/s1. The average Bonchev–Trinajstić information content (AvgIpc) is 3.23. The molecule has 0 radical (unpaired) electrons. The summed E-state index contributed by atoms with van der Waals surface area (Å²) in [4.78, 5) is 43.7. The van der Waals surface area contributed by atoms with E-state index in [-0.39, 0.29) is 35.3 Å². The third kappa shape index (κ3) is 2.39. The first-order valence-corrected chi connectivity index (χ1v) is 9.96. The number of β-lactam (4-membered cyclic amide) rings is 1. The Hall–Kier alpha value is -2.52. The maximum Gasteiger partial charge on any atom is 0.352 e. The molecule has 1 amide bonds. The van der Waals surface area contributed by atoms with E-state index >= 15 is 0 Å². The lowest BCUT2D eigenvalue weighted by molar-refractivity contribution is -0.163. The number of carboxylic acids is 1. The van der Waals surface area contributed by atoms with Gasteiger partial charge in [-0.3, -0.25) is 14.0 Å². The molecule has 4 atom stereocenters. The van der Waals surface area contributed by atoms with Gasteiger partial charge >= 0.3 is 5.97 Å². The van der Waals surface area contributed by atoms with E-state index in [1.807, 2.05) is 6.92 Å². The van der Waals surface area contributed by atoms with Gasteiger partial charge in [0.1, 0.15) is 22.5 Å². The molecular weight excluding hydrogens is 382 g/mol. The number of hydrogen-bond donors (Lipinski definition) is 2. The molecule has 2 aromatic heterocycles. The van der Waals surface area contributed by atoms with Crippen LogP contribution in [0.1, 0.15) is 43.1 Å². The van der Waals surface area contributed by atoms with Gasteiger partial charge in [-0.15, -0.1) is 11.3 Å². The Kier molecular flexibility index (Phi) is 4.20. The number of aliphatic carboxylic acids is 1. The van der Waals surface area contributed by atoms with Gasteiger partial charge in [-0.05, 0) is 6.92 Å². The van der Waals surface area contributed by atoms with Gasteiger partial charge in [-0.2, -0.15) is 0 Å². The number of fused-ring (bicyclic) bond motifs is 2. The zero-order chi connectivity index (χ0) is 20.5. The van der Waals surface area contributed by atoms with Crippen LogP contribution < -0.4 is 0 Å². The quantitative estimate of drug-likeness (QED) is 0.582. The minimum Gasteiger partial charge on any atom is -0.477 e. The molecule has 1 saturated heterocycles. The number of imidazole rings is 1. The summed E-state index contributed by atoms with van der Waals surface area (Å²) in [5, 5.41) is 19.7. The summed E-state index contributed by atoms with van der Waals surface area (Å²) < 4.78 is 1.72. The van der Waals surface area contributed by atoms with Crippen molar-refractivity contribution in [3.63, 3.8) is 0 Å². The molecule has 148 valence electrons. The second kappa shape index (κ2) is 6.25. The topological polar surface area (TPSA) is 112 Å². The lowest BCUT2D eigenvalue weighted by atomic mass is 9.77. The number of aliphatic hydroxyl groups excluding tert-OH is 1. The smallest absolute Gasteiger partial charge is 0.352 e. The highest BCUT2D eigenvalue weighted by Crippen LogP contribution is 2.51. The number of Topliss-reactive ketones (excluding diaryl/α,β-unsaturated/α-hetero) is 1. The summed E-state index contributed by atoms with van der Waals surface area (Å²) in [5.74, 6) is -2.65. The second-order valence-electron chi connectivity index (χ2n) is 7.74. The van der Waals surface area contributed by atoms with Crippen molar-refractivity contribution in [1.82, 2.24) is 14.3 Å². The lowest BCUT2D eigenvalue weighted by Gasteiger charge is -2.46. The summed E-state index contributed by atoms with van der Waals surface area (Å²) in [6.45, 7) is 7.03. The Labute approximate surface area is 165 Å². The monoisotopic (exact) mass is 403 g/mol. The maximum atomic E-state index is 12.5.